The Morgan fingerprint density at radius 1 is 1.19 bits per heavy atom. The molecule has 0 radical (unpaired) electrons. The molecular weight excluding hydrogens is 359 g/mol. The second kappa shape index (κ2) is 15.6. The van der Waals surface area contributed by atoms with Crippen LogP contribution in [0.4, 0.5) is 4.39 Å². The van der Waals surface area contributed by atoms with Crippen LogP contribution in [0.3, 0.4) is 0 Å². The molecule has 0 saturated carbocycles. The van der Waals surface area contributed by atoms with Crippen molar-refractivity contribution in [3.63, 3.8) is 0 Å². The standard InChI is InChI=1S/C14H19FN2O4S.2C2H6/c1-3-16(7-4-8-17(20)22)14(19)11-5-6-13(12(15)9-11)21-10(2)18;2*1-2/h5-6,9,20,22H,3-4,7-8H2,1-2H3;2*1-2H3. The second-order valence-corrected chi connectivity index (χ2v) is 5.03. The van der Waals surface area contributed by atoms with Crippen LogP contribution in [0.15, 0.2) is 18.2 Å². The maximum Gasteiger partial charge on any atom is 0.308 e. The van der Waals surface area contributed by atoms with Gasteiger partial charge in [0.05, 0.1) is 0 Å². The van der Waals surface area contributed by atoms with Crippen LogP contribution in [0.5, 0.6) is 5.75 Å². The largest absolute Gasteiger partial charge is 0.424 e. The number of carbonyl (C=O) groups excluding carboxylic acids is 2. The Hall–Kier alpha value is -1.64. The maximum atomic E-state index is 13.8. The number of rotatable bonds is 7. The van der Waals surface area contributed by atoms with Gasteiger partial charge in [-0.05, 0) is 31.5 Å². The van der Waals surface area contributed by atoms with Gasteiger partial charge in [0, 0.05) is 32.1 Å². The average molecular weight is 391 g/mol. The van der Waals surface area contributed by atoms with E-state index in [1.54, 1.807) is 6.92 Å². The van der Waals surface area contributed by atoms with Gasteiger partial charge in [-0.3, -0.25) is 9.59 Å². The molecule has 0 spiro atoms. The summed E-state index contributed by atoms with van der Waals surface area (Å²) in [6.07, 6.45) is 0.521. The topological polar surface area (TPSA) is 70.1 Å². The van der Waals surface area contributed by atoms with Crippen molar-refractivity contribution < 1.29 is 23.9 Å². The summed E-state index contributed by atoms with van der Waals surface area (Å²) in [5, 5.41) is 8.94. The zero-order chi connectivity index (χ0) is 20.7. The Bertz CT molecular complexity index is 542. The van der Waals surface area contributed by atoms with E-state index in [0.29, 0.717) is 26.1 Å². The molecule has 0 heterocycles. The minimum atomic E-state index is -0.769. The summed E-state index contributed by atoms with van der Waals surface area (Å²) in [6, 6.07) is 3.70. The Morgan fingerprint density at radius 3 is 2.19 bits per heavy atom. The molecule has 1 N–H and O–H groups in total. The van der Waals surface area contributed by atoms with Gasteiger partial charge in [0.15, 0.2) is 11.6 Å². The van der Waals surface area contributed by atoms with Gasteiger partial charge in [0.25, 0.3) is 5.91 Å². The van der Waals surface area contributed by atoms with Crippen molar-refractivity contribution in [1.82, 2.24) is 9.37 Å². The fourth-order valence-electron chi connectivity index (χ4n) is 1.86. The summed E-state index contributed by atoms with van der Waals surface area (Å²) in [7, 11) is 0. The minimum Gasteiger partial charge on any atom is -0.424 e. The number of carbonyl (C=O) groups is 2. The fraction of sp³-hybridized carbons (Fsp3) is 0.556. The molecule has 6 nitrogen and oxygen atoms in total. The summed E-state index contributed by atoms with van der Waals surface area (Å²) >= 11 is 3.70. The second-order valence-electron chi connectivity index (χ2n) is 4.57. The predicted octanol–water partition coefficient (Wildman–Crippen LogP) is 4.19. The van der Waals surface area contributed by atoms with Crippen LogP contribution < -0.4 is 4.74 Å². The van der Waals surface area contributed by atoms with Gasteiger partial charge < -0.3 is 14.8 Å². The van der Waals surface area contributed by atoms with E-state index < -0.39 is 11.8 Å². The number of ether oxygens (including phenoxy) is 1. The first-order valence-electron chi connectivity index (χ1n) is 8.77. The Balaban J connectivity index is 0. The first kappa shape index (κ1) is 26.6. The molecule has 26 heavy (non-hydrogen) atoms. The minimum absolute atomic E-state index is 0.169. The van der Waals surface area contributed by atoms with Crippen LogP contribution in [0, 0.1) is 5.82 Å². The highest BCUT2D eigenvalue weighted by Crippen LogP contribution is 2.19. The van der Waals surface area contributed by atoms with Gasteiger partial charge in [-0.2, -0.15) is 0 Å². The van der Waals surface area contributed by atoms with Gasteiger partial charge in [-0.25, -0.2) is 4.39 Å². The van der Waals surface area contributed by atoms with E-state index in [9.17, 15) is 14.0 Å². The number of hydrogen-bond acceptors (Lipinski definition) is 6. The van der Waals surface area contributed by atoms with Crippen molar-refractivity contribution in [2.45, 2.75) is 48.0 Å². The molecule has 1 amide bonds. The zero-order valence-electron chi connectivity index (χ0n) is 16.5. The molecule has 0 unspecified atom stereocenters. The van der Waals surface area contributed by atoms with Crippen LogP contribution in [0.1, 0.15) is 58.3 Å². The molecule has 0 aromatic heterocycles. The van der Waals surface area contributed by atoms with Crippen LogP contribution >= 0.6 is 12.8 Å². The third kappa shape index (κ3) is 10.4. The summed E-state index contributed by atoms with van der Waals surface area (Å²) < 4.78 is 19.2. The fourth-order valence-corrected chi connectivity index (χ4v) is 2.00. The van der Waals surface area contributed by atoms with E-state index in [1.807, 2.05) is 27.7 Å². The molecule has 0 aliphatic carbocycles. The van der Waals surface area contributed by atoms with Crippen LogP contribution in [0.25, 0.3) is 0 Å². The lowest BCUT2D eigenvalue weighted by atomic mass is 10.1. The molecule has 0 aliphatic heterocycles. The van der Waals surface area contributed by atoms with E-state index in [0.717, 1.165) is 10.5 Å². The SMILES string of the molecule is CC.CC.CCN(CCCN(O)S)C(=O)c1ccc(OC(C)=O)c(F)c1. The normalized spacial score (nSPS) is 9.46. The molecule has 0 fully saturated rings. The Kier molecular flexibility index (Phi) is 16.0. The third-order valence-electron chi connectivity index (χ3n) is 2.89. The summed E-state index contributed by atoms with van der Waals surface area (Å²) in [5.41, 5.74) is 0.169. The smallest absolute Gasteiger partial charge is 0.308 e. The van der Waals surface area contributed by atoms with Crippen molar-refractivity contribution >= 4 is 24.7 Å². The molecule has 0 saturated heterocycles. The lowest BCUT2D eigenvalue weighted by molar-refractivity contribution is -0.132. The first-order chi connectivity index (χ1) is 12.3. The lowest BCUT2D eigenvalue weighted by Crippen LogP contribution is -2.33. The summed E-state index contributed by atoms with van der Waals surface area (Å²) in [5.74, 6) is -1.94. The zero-order valence-corrected chi connectivity index (χ0v) is 17.3. The van der Waals surface area contributed by atoms with Crippen LogP contribution in [-0.4, -0.2) is 46.1 Å². The molecule has 0 bridgehead atoms. The molecule has 0 aliphatic rings. The molecule has 1 rings (SSSR count). The van der Waals surface area contributed by atoms with Crippen molar-refractivity contribution in [2.24, 2.45) is 0 Å². The Labute approximate surface area is 161 Å². The lowest BCUT2D eigenvalue weighted by Gasteiger charge is -2.21. The number of halogens is 1. The molecule has 8 heteroatoms. The van der Waals surface area contributed by atoms with E-state index in [-0.39, 0.29) is 17.2 Å². The van der Waals surface area contributed by atoms with E-state index in [4.69, 9.17) is 5.21 Å². The van der Waals surface area contributed by atoms with E-state index >= 15 is 0 Å². The van der Waals surface area contributed by atoms with Gasteiger partial charge in [-0.15, -0.1) is 4.47 Å². The number of benzene rings is 1. The Morgan fingerprint density at radius 2 is 1.77 bits per heavy atom. The number of hydroxylamine groups is 1. The quantitative estimate of drug-likeness (QED) is 0.316. The highest BCUT2D eigenvalue weighted by Gasteiger charge is 2.17. The molecule has 1 aromatic rings. The molecular formula is C18H31FN2O4S. The van der Waals surface area contributed by atoms with Crippen molar-refractivity contribution in [3.8, 4) is 5.75 Å². The highest BCUT2D eigenvalue weighted by molar-refractivity contribution is 7.77. The predicted molar refractivity (Wildman–Crippen MR) is 104 cm³/mol. The van der Waals surface area contributed by atoms with Crippen molar-refractivity contribution in [2.75, 3.05) is 19.6 Å². The van der Waals surface area contributed by atoms with Gasteiger partial charge in [-0.1, -0.05) is 40.5 Å². The van der Waals surface area contributed by atoms with E-state index in [2.05, 4.69) is 17.6 Å². The molecule has 150 valence electrons. The highest BCUT2D eigenvalue weighted by atomic mass is 32.1. The van der Waals surface area contributed by atoms with Crippen LogP contribution in [-0.2, 0) is 4.79 Å². The van der Waals surface area contributed by atoms with Gasteiger partial charge in [0.2, 0.25) is 0 Å². The van der Waals surface area contributed by atoms with Gasteiger partial charge in [0.1, 0.15) is 0 Å². The van der Waals surface area contributed by atoms with Crippen molar-refractivity contribution in [1.29, 1.82) is 0 Å². The van der Waals surface area contributed by atoms with Crippen LogP contribution in [0.2, 0.25) is 0 Å². The average Bonchev–Trinajstić information content (AvgIpc) is 2.63. The van der Waals surface area contributed by atoms with Crippen molar-refractivity contribution in [3.05, 3.63) is 29.6 Å². The monoisotopic (exact) mass is 390 g/mol. The van der Waals surface area contributed by atoms with E-state index in [1.165, 1.54) is 24.0 Å². The first-order valence-corrected chi connectivity index (χ1v) is 9.17. The number of nitrogens with zero attached hydrogens (tertiary/aromatic N) is 2. The third-order valence-corrected chi connectivity index (χ3v) is 3.09. The number of amides is 1. The molecule has 0 atom stereocenters. The summed E-state index contributed by atoms with van der Waals surface area (Å²) in [4.78, 5) is 24.6. The molecule has 1 aromatic carbocycles. The maximum absolute atomic E-state index is 13.8. The van der Waals surface area contributed by atoms with Gasteiger partial charge >= 0.3 is 5.97 Å². The number of hydrogen-bond donors (Lipinski definition) is 2. The number of esters is 1. The summed E-state index contributed by atoms with van der Waals surface area (Å²) in [6.45, 7) is 12.1. The number of thiol groups is 1.